The van der Waals surface area contributed by atoms with Crippen LogP contribution in [-0.4, -0.2) is 205 Å². The molecule has 25 nitrogen and oxygen atoms in total. The summed E-state index contributed by atoms with van der Waals surface area (Å²) < 4.78 is 73.5. The Morgan fingerprint density at radius 2 is 0.636 bits per heavy atom. The van der Waals surface area contributed by atoms with Crippen molar-refractivity contribution < 1.29 is 122 Å². The lowest BCUT2D eigenvalue weighted by Gasteiger charge is -2.50. The molecule has 0 bridgehead atoms. The maximum Gasteiger partial charge on any atom is 0.472 e. The number of carbonyl (C=O) groups excluding carboxylic acids is 4. The number of esters is 4. The van der Waals surface area contributed by atoms with Crippen molar-refractivity contribution in [2.75, 3.05) is 26.4 Å². The van der Waals surface area contributed by atoms with Crippen LogP contribution < -0.4 is 0 Å². The van der Waals surface area contributed by atoms with E-state index in [-0.39, 0.29) is 25.7 Å². The van der Waals surface area contributed by atoms with Gasteiger partial charge in [0.1, 0.15) is 92.6 Å². The Morgan fingerprint density at radius 3 is 1.01 bits per heavy atom. The number of phosphoric ester groups is 1. The maximum atomic E-state index is 14.9. The van der Waals surface area contributed by atoms with E-state index in [1.54, 1.807) is 0 Å². The van der Waals surface area contributed by atoms with E-state index in [2.05, 4.69) is 34.6 Å². The highest BCUT2D eigenvalue weighted by Crippen LogP contribution is 2.49. The molecule has 0 spiro atoms. The van der Waals surface area contributed by atoms with Gasteiger partial charge in [0.2, 0.25) is 0 Å². The summed E-state index contributed by atoms with van der Waals surface area (Å²) in [6.07, 6.45) is 26.6. The highest BCUT2D eigenvalue weighted by molar-refractivity contribution is 7.47. The third-order valence-electron chi connectivity index (χ3n) is 24.0. The van der Waals surface area contributed by atoms with Crippen LogP contribution in [0.25, 0.3) is 0 Å². The summed E-state index contributed by atoms with van der Waals surface area (Å²) in [5.41, 5.74) is 0. The van der Waals surface area contributed by atoms with Crippen molar-refractivity contribution in [1.29, 1.82) is 0 Å². The minimum atomic E-state index is -5.80. The van der Waals surface area contributed by atoms with Gasteiger partial charge in [-0.3, -0.25) is 28.2 Å². The number of ether oxygens (including phenoxy) is 8. The molecule has 19 unspecified atom stereocenters. The van der Waals surface area contributed by atoms with Gasteiger partial charge in [-0.1, -0.05) is 375 Å². The molecule has 2 aliphatic heterocycles. The third-order valence-corrected chi connectivity index (χ3v) is 25.0. The summed E-state index contributed by atoms with van der Waals surface area (Å²) in [5.74, 6) is -2.26. The van der Waals surface area contributed by atoms with E-state index in [0.717, 1.165) is 128 Å². The van der Waals surface area contributed by atoms with Crippen molar-refractivity contribution in [1.82, 2.24) is 0 Å². The minimum absolute atomic E-state index is 0.0174. The molecular formula is C92H173O25P. The number of rotatable bonds is 78. The molecule has 2 heterocycles. The van der Waals surface area contributed by atoms with Crippen molar-refractivity contribution >= 4 is 31.7 Å². The predicted molar refractivity (Wildman–Crippen MR) is 458 cm³/mol. The van der Waals surface area contributed by atoms with E-state index < -0.39 is 162 Å². The second kappa shape index (κ2) is 70.6. The molecule has 1 aliphatic carbocycles. The average molecular weight is 1710 g/mol. The Morgan fingerprint density at radius 1 is 0.331 bits per heavy atom. The van der Waals surface area contributed by atoms with Crippen molar-refractivity contribution in [2.45, 2.75) is 530 Å². The monoisotopic (exact) mass is 1710 g/mol. The van der Waals surface area contributed by atoms with Gasteiger partial charge in [-0.2, -0.15) is 0 Å². The highest BCUT2D eigenvalue weighted by atomic mass is 31.2. The normalized spacial score (nSPS) is 25.1. The number of hydrogen-bond acceptors (Lipinski definition) is 24. The zero-order chi connectivity index (χ0) is 86.2. The number of aliphatic hydroxyl groups excluding tert-OH is 9. The van der Waals surface area contributed by atoms with Crippen LogP contribution in [0.4, 0.5) is 0 Å². The van der Waals surface area contributed by atoms with Crippen LogP contribution in [0.3, 0.4) is 0 Å². The first-order valence-corrected chi connectivity index (χ1v) is 49.7. The summed E-state index contributed by atoms with van der Waals surface area (Å²) in [6.45, 7) is 7.96. The molecule has 0 amide bonds. The molecule has 19 atom stereocenters. The van der Waals surface area contributed by atoms with E-state index in [9.17, 15) is 74.6 Å². The van der Waals surface area contributed by atoms with Crippen LogP contribution in [0.2, 0.25) is 0 Å². The molecule has 696 valence electrons. The van der Waals surface area contributed by atoms with E-state index >= 15 is 0 Å². The number of phosphoric acid groups is 1. The molecule has 0 aromatic heterocycles. The van der Waals surface area contributed by atoms with Gasteiger partial charge < -0.3 is 88.7 Å². The molecule has 10 N–H and O–H groups in total. The van der Waals surface area contributed by atoms with E-state index in [0.29, 0.717) is 38.0 Å². The first-order chi connectivity index (χ1) is 57.1. The van der Waals surface area contributed by atoms with Crippen LogP contribution in [0.15, 0.2) is 0 Å². The fourth-order valence-corrected chi connectivity index (χ4v) is 17.2. The number of unbranched alkanes of at least 4 members (excludes halogenated alkanes) is 50. The molecule has 3 rings (SSSR count). The highest BCUT2D eigenvalue weighted by Gasteiger charge is 2.60. The van der Waals surface area contributed by atoms with Crippen LogP contribution >= 0.6 is 7.82 Å². The van der Waals surface area contributed by atoms with E-state index in [1.165, 1.54) is 205 Å². The first kappa shape index (κ1) is 110. The Kier molecular flexibility index (Phi) is 65.6. The van der Waals surface area contributed by atoms with Crippen molar-refractivity contribution in [3.63, 3.8) is 0 Å². The van der Waals surface area contributed by atoms with Gasteiger partial charge in [0, 0.05) is 25.7 Å². The minimum Gasteiger partial charge on any atom is -0.463 e. The Labute approximate surface area is 712 Å². The third kappa shape index (κ3) is 50.6. The van der Waals surface area contributed by atoms with Crippen LogP contribution in [0.1, 0.15) is 426 Å². The van der Waals surface area contributed by atoms with Crippen LogP contribution in [-0.2, 0) is 70.7 Å². The molecule has 0 aromatic rings. The summed E-state index contributed by atoms with van der Waals surface area (Å²) in [5, 5.41) is 102. The van der Waals surface area contributed by atoms with Crippen molar-refractivity contribution in [3.05, 3.63) is 0 Å². The molecule has 26 heteroatoms. The quantitative estimate of drug-likeness (QED) is 0.0117. The van der Waals surface area contributed by atoms with Crippen LogP contribution in [0, 0.1) is 5.92 Å². The molecule has 2 saturated heterocycles. The molecule has 0 aromatic carbocycles. The SMILES string of the molecule is CCCCCCCCCCCCCCCCCC(=O)OCC(COP(=O)(O)OC1C(OC2OC(CO)C(O)C(O)C2O)C(O)C(O)C(OC(=O)CCCCCCCCCCCCCCCCC)C1OC1OC(COC(=O)CCCCCCCCC(C)CCCCCCCC)C(O)C(O)C1O)OC(=O)CCCCCCCCCCCCCCC. The standard InChI is InChI=1S/C92H173O25P/c1-6-10-14-18-22-25-28-31-33-36-38-41-44-51-57-63-75(94)108-68-72(111-77(96)65-59-53-45-42-39-35-30-27-24-20-16-12-8-3)69-110-118(106,107)117-90-88(115-91-85(104)81(100)79(98)73(67-93)112-91)84(103)83(102)87(114-78(97)66-60-54-46-43-40-37-34-32-29-26-23-19-15-11-7-2)89(90)116-92-86(105)82(101)80(99)74(113-92)70-109-76(95)64-58-52-48-47-50-56-62-71(5)61-55-49-21-17-13-9-4/h71-74,79-93,98-105H,6-70H2,1-5H3,(H,106,107). The van der Waals surface area contributed by atoms with Gasteiger partial charge in [0.05, 0.1) is 13.2 Å². The topological polar surface area (TPSA) is 380 Å². The summed E-state index contributed by atoms with van der Waals surface area (Å²) in [6, 6.07) is 0. The summed E-state index contributed by atoms with van der Waals surface area (Å²) in [7, 11) is -5.80. The molecule has 1 saturated carbocycles. The lowest BCUT2D eigenvalue weighted by atomic mass is 9.84. The van der Waals surface area contributed by atoms with Gasteiger partial charge >= 0.3 is 31.7 Å². The molecule has 0 radical (unpaired) electrons. The molecule has 3 aliphatic rings. The molecule has 3 fully saturated rings. The van der Waals surface area contributed by atoms with Gasteiger partial charge in [-0.05, 0) is 31.6 Å². The molecular weight excluding hydrogens is 1540 g/mol. The van der Waals surface area contributed by atoms with Crippen molar-refractivity contribution in [2.24, 2.45) is 5.92 Å². The van der Waals surface area contributed by atoms with E-state index in [1.807, 2.05) is 0 Å². The van der Waals surface area contributed by atoms with Gasteiger partial charge in [-0.15, -0.1) is 0 Å². The largest absolute Gasteiger partial charge is 0.472 e. The predicted octanol–water partition coefficient (Wildman–Crippen LogP) is 18.0. The lowest BCUT2D eigenvalue weighted by molar-refractivity contribution is -0.360. The summed E-state index contributed by atoms with van der Waals surface area (Å²) in [4.78, 5) is 66.5. The number of hydrogen-bond donors (Lipinski definition) is 10. The lowest BCUT2D eigenvalue weighted by Crippen LogP contribution is -2.70. The fraction of sp³-hybridized carbons (Fsp3) is 0.957. The second-order valence-corrected chi connectivity index (χ2v) is 36.3. The van der Waals surface area contributed by atoms with Gasteiger partial charge in [0.15, 0.2) is 24.8 Å². The average Bonchev–Trinajstić information content (AvgIpc) is 0.754. The first-order valence-electron chi connectivity index (χ1n) is 48.2. The zero-order valence-electron chi connectivity index (χ0n) is 74.4. The Balaban J connectivity index is 1.91. The fourth-order valence-electron chi connectivity index (χ4n) is 16.3. The number of aliphatic hydroxyl groups is 9. The van der Waals surface area contributed by atoms with E-state index in [4.69, 9.17) is 46.9 Å². The maximum absolute atomic E-state index is 14.9. The van der Waals surface area contributed by atoms with Crippen molar-refractivity contribution in [3.8, 4) is 0 Å². The smallest absolute Gasteiger partial charge is 0.463 e. The molecule has 118 heavy (non-hydrogen) atoms. The Bertz CT molecular complexity index is 2470. The second-order valence-electron chi connectivity index (χ2n) is 34.9. The van der Waals surface area contributed by atoms with Crippen LogP contribution in [0.5, 0.6) is 0 Å². The number of carbonyl (C=O) groups is 4. The van der Waals surface area contributed by atoms with Gasteiger partial charge in [-0.25, -0.2) is 4.57 Å². The zero-order valence-corrected chi connectivity index (χ0v) is 75.3. The van der Waals surface area contributed by atoms with Gasteiger partial charge in [0.25, 0.3) is 0 Å². The Hall–Kier alpha value is -2.53. The summed E-state index contributed by atoms with van der Waals surface area (Å²) >= 11 is 0.